The maximum absolute atomic E-state index is 6.41. The fourth-order valence-corrected chi connectivity index (χ4v) is 10.2. The van der Waals surface area contributed by atoms with E-state index in [0.29, 0.717) is 17.5 Å². The Hall–Kier alpha value is 0.540. The van der Waals surface area contributed by atoms with Crippen LogP contribution >= 0.6 is 18.3 Å². The summed E-state index contributed by atoms with van der Waals surface area (Å²) in [6.45, 7) is 23.7. The molecule has 0 spiro atoms. The van der Waals surface area contributed by atoms with Crippen LogP contribution in [0.15, 0.2) is 0 Å². The lowest BCUT2D eigenvalue weighted by Gasteiger charge is -2.51. The van der Waals surface area contributed by atoms with Crippen molar-refractivity contribution in [2.45, 2.75) is 85.2 Å². The van der Waals surface area contributed by atoms with Gasteiger partial charge in [-0.2, -0.15) is 0 Å². The minimum atomic E-state index is -1.74. The molecule has 0 aromatic rings. The van der Waals surface area contributed by atoms with Gasteiger partial charge in [0.25, 0.3) is 0 Å². The Morgan fingerprint density at radius 1 is 0.952 bits per heavy atom. The Balaban J connectivity index is 5.80. The molecule has 0 aliphatic heterocycles. The average molecular weight is 350 g/mol. The van der Waals surface area contributed by atoms with E-state index in [4.69, 9.17) is 24.0 Å². The molecule has 0 aliphatic carbocycles. The van der Waals surface area contributed by atoms with Crippen LogP contribution in [-0.4, -0.2) is 27.5 Å². The van der Waals surface area contributed by atoms with Gasteiger partial charge in [0.2, 0.25) is 0 Å². The van der Waals surface area contributed by atoms with E-state index in [0.717, 1.165) is 11.5 Å². The van der Waals surface area contributed by atoms with Crippen molar-refractivity contribution in [3.8, 4) is 0 Å². The minimum absolute atomic E-state index is 0.110. The van der Waals surface area contributed by atoms with Gasteiger partial charge in [-0.25, -0.2) is 0 Å². The summed E-state index contributed by atoms with van der Waals surface area (Å²) in [4.78, 5) is 0.992. The maximum atomic E-state index is 6.41. The molecule has 1 N–H and O–H groups in total. The van der Waals surface area contributed by atoms with Crippen molar-refractivity contribution in [3.05, 3.63) is 0 Å². The summed E-state index contributed by atoms with van der Waals surface area (Å²) in [6.07, 6.45) is 0. The summed E-state index contributed by atoms with van der Waals surface area (Å²) in [5.41, 5.74) is 0.307. The third-order valence-corrected chi connectivity index (χ3v) is 14.1. The molecule has 126 valence electrons. The Morgan fingerprint density at radius 3 is 1.57 bits per heavy atom. The molecule has 0 bridgehead atoms. The lowest BCUT2D eigenvalue weighted by atomic mass is 10.1. The summed E-state index contributed by atoms with van der Waals surface area (Å²) >= 11 is 12.2. The van der Waals surface area contributed by atoms with E-state index in [-0.39, 0.29) is 10.3 Å². The highest BCUT2D eigenvalue weighted by Crippen LogP contribution is 2.71. The van der Waals surface area contributed by atoms with Gasteiger partial charge in [-0.1, -0.05) is 93.3 Å². The van der Waals surface area contributed by atoms with Crippen LogP contribution in [-0.2, 0) is 11.8 Å². The molecule has 0 rings (SSSR count). The van der Waals surface area contributed by atoms with Crippen LogP contribution in [0.2, 0.25) is 0 Å². The molecule has 0 heterocycles. The topological polar surface area (TPSA) is 12.0 Å². The molecule has 4 heteroatoms. The standard InChI is InChI=1S/C17H36NPS2/c1-12(2)11-18-15(20)14(13(3)4)19(21,16(5,6)7)17(8,9)10/h12-14H,11H2,1-10H3,(H,18,20). The van der Waals surface area contributed by atoms with Gasteiger partial charge in [-0.15, -0.1) is 0 Å². The van der Waals surface area contributed by atoms with Crippen molar-refractivity contribution in [1.29, 1.82) is 0 Å². The Morgan fingerprint density at radius 2 is 1.33 bits per heavy atom. The van der Waals surface area contributed by atoms with E-state index in [1.165, 1.54) is 0 Å². The fraction of sp³-hybridized carbons (Fsp3) is 0.941. The highest BCUT2D eigenvalue weighted by molar-refractivity contribution is 8.17. The molecule has 0 aromatic heterocycles. The van der Waals surface area contributed by atoms with Gasteiger partial charge < -0.3 is 5.32 Å². The summed E-state index contributed by atoms with van der Waals surface area (Å²) in [6, 6.07) is -1.74. The minimum Gasteiger partial charge on any atom is -0.379 e. The van der Waals surface area contributed by atoms with Crippen molar-refractivity contribution in [3.63, 3.8) is 0 Å². The molecule has 0 saturated heterocycles. The number of hydrogen-bond acceptors (Lipinski definition) is 2. The SMILES string of the molecule is CC(C)CNC(=S)C(C(C)C)P(=S)(C(C)(C)C)C(C)(C)C. The first-order chi connectivity index (χ1) is 9.16. The molecule has 21 heavy (non-hydrogen) atoms. The van der Waals surface area contributed by atoms with Crippen LogP contribution in [0.3, 0.4) is 0 Å². The predicted octanol–water partition coefficient (Wildman–Crippen LogP) is 5.66. The molecule has 0 radical (unpaired) electrons. The molecular weight excluding hydrogens is 313 g/mol. The first kappa shape index (κ1) is 21.5. The monoisotopic (exact) mass is 349 g/mol. The van der Waals surface area contributed by atoms with Crippen LogP contribution in [0.5, 0.6) is 0 Å². The van der Waals surface area contributed by atoms with Gasteiger partial charge in [0, 0.05) is 12.2 Å². The summed E-state index contributed by atoms with van der Waals surface area (Å²) < 4.78 is 0. The highest BCUT2D eigenvalue weighted by Gasteiger charge is 2.49. The lowest BCUT2D eigenvalue weighted by molar-refractivity contribution is 0.599. The van der Waals surface area contributed by atoms with Crippen LogP contribution in [0, 0.1) is 11.8 Å². The number of thiocarbonyl (C=S) groups is 1. The van der Waals surface area contributed by atoms with Crippen LogP contribution in [0.1, 0.15) is 69.2 Å². The number of hydrogen-bond donors (Lipinski definition) is 1. The second kappa shape index (κ2) is 7.41. The predicted molar refractivity (Wildman–Crippen MR) is 108 cm³/mol. The van der Waals surface area contributed by atoms with Gasteiger partial charge in [0.05, 0.1) is 4.99 Å². The molecule has 0 amide bonds. The van der Waals surface area contributed by atoms with Crippen molar-refractivity contribution >= 4 is 35.1 Å². The van der Waals surface area contributed by atoms with Gasteiger partial charge in [-0.05, 0) is 28.2 Å². The lowest BCUT2D eigenvalue weighted by Crippen LogP contribution is -2.45. The van der Waals surface area contributed by atoms with Gasteiger partial charge in [0.1, 0.15) is 0 Å². The smallest absolute Gasteiger partial charge is 0.0838 e. The van der Waals surface area contributed by atoms with Crippen molar-refractivity contribution in [2.75, 3.05) is 6.54 Å². The molecule has 1 nitrogen and oxygen atoms in total. The van der Waals surface area contributed by atoms with E-state index < -0.39 is 6.04 Å². The third kappa shape index (κ3) is 5.01. The Labute approximate surface area is 144 Å². The molecule has 1 atom stereocenters. The van der Waals surface area contributed by atoms with E-state index in [9.17, 15) is 0 Å². The normalized spacial score (nSPS) is 15.4. The van der Waals surface area contributed by atoms with E-state index in [1.54, 1.807) is 0 Å². The second-order valence-electron chi connectivity index (χ2n) is 8.83. The van der Waals surface area contributed by atoms with Gasteiger partial charge >= 0.3 is 0 Å². The van der Waals surface area contributed by atoms with Gasteiger partial charge in [0.15, 0.2) is 0 Å². The maximum Gasteiger partial charge on any atom is 0.0838 e. The van der Waals surface area contributed by atoms with Crippen LogP contribution in [0.25, 0.3) is 0 Å². The molecule has 0 fully saturated rings. The first-order valence-corrected chi connectivity index (χ1v) is 11.3. The zero-order chi connectivity index (χ0) is 17.2. The number of nitrogens with one attached hydrogen (secondary N) is 1. The molecular formula is C17H36NPS2. The zero-order valence-corrected chi connectivity index (χ0v) is 18.2. The zero-order valence-electron chi connectivity index (χ0n) is 15.7. The largest absolute Gasteiger partial charge is 0.379 e. The van der Waals surface area contributed by atoms with E-state index >= 15 is 0 Å². The van der Waals surface area contributed by atoms with Crippen molar-refractivity contribution in [1.82, 2.24) is 5.32 Å². The summed E-state index contributed by atoms with van der Waals surface area (Å²) in [5, 5.41) is 3.73. The van der Waals surface area contributed by atoms with Gasteiger partial charge in [-0.3, -0.25) is 0 Å². The van der Waals surface area contributed by atoms with E-state index in [1.807, 2.05) is 0 Å². The second-order valence-corrected chi connectivity index (χ2v) is 15.6. The van der Waals surface area contributed by atoms with Crippen LogP contribution < -0.4 is 5.32 Å². The number of rotatable bonds is 5. The van der Waals surface area contributed by atoms with E-state index in [2.05, 4.69) is 74.6 Å². The highest BCUT2D eigenvalue weighted by atomic mass is 32.4. The first-order valence-electron chi connectivity index (χ1n) is 8.04. The molecule has 0 aromatic carbocycles. The summed E-state index contributed by atoms with van der Waals surface area (Å²) in [5.74, 6) is 1.07. The molecule has 0 saturated carbocycles. The summed E-state index contributed by atoms with van der Waals surface area (Å²) in [7, 11) is 0. The average Bonchev–Trinajstić information content (AvgIpc) is 2.22. The Kier molecular flexibility index (Phi) is 7.60. The third-order valence-electron chi connectivity index (χ3n) is 3.97. The van der Waals surface area contributed by atoms with Crippen molar-refractivity contribution < 1.29 is 0 Å². The van der Waals surface area contributed by atoms with Crippen molar-refractivity contribution in [2.24, 2.45) is 11.8 Å². The fourth-order valence-electron chi connectivity index (χ4n) is 3.14. The molecule has 0 aliphatic rings. The Bertz CT molecular complexity index is 382. The van der Waals surface area contributed by atoms with Crippen LogP contribution in [0.4, 0.5) is 0 Å². The quantitative estimate of drug-likeness (QED) is 0.508. The molecule has 1 unspecified atom stereocenters.